The summed E-state index contributed by atoms with van der Waals surface area (Å²) in [5.41, 5.74) is 1.77. The minimum Gasteiger partial charge on any atom is -0.330 e. The summed E-state index contributed by atoms with van der Waals surface area (Å²) < 4.78 is 1.62. The third-order valence-corrected chi connectivity index (χ3v) is 7.40. The van der Waals surface area contributed by atoms with Crippen LogP contribution in [0.3, 0.4) is 0 Å². The number of hydrogen-bond acceptors (Lipinski definition) is 4. The van der Waals surface area contributed by atoms with Gasteiger partial charge in [0.1, 0.15) is 11.7 Å². The Balaban J connectivity index is 1.33. The van der Waals surface area contributed by atoms with E-state index in [4.69, 9.17) is 0 Å². The zero-order valence-corrected chi connectivity index (χ0v) is 19.7. The highest BCUT2D eigenvalue weighted by Crippen LogP contribution is 2.44. The van der Waals surface area contributed by atoms with E-state index >= 15 is 0 Å². The van der Waals surface area contributed by atoms with Gasteiger partial charge in [0, 0.05) is 24.4 Å². The number of amides is 4. The van der Waals surface area contributed by atoms with Gasteiger partial charge >= 0.3 is 6.03 Å². The van der Waals surface area contributed by atoms with Gasteiger partial charge in [-0.05, 0) is 23.9 Å². The Morgan fingerprint density at radius 1 is 1.06 bits per heavy atom. The largest absolute Gasteiger partial charge is 0.332 e. The molecule has 6 rings (SSSR count). The molecule has 8 heteroatoms. The molecule has 0 unspecified atom stereocenters. The number of imide groups is 1. The van der Waals surface area contributed by atoms with Crippen molar-refractivity contribution in [2.45, 2.75) is 50.7 Å². The Kier molecular flexibility index (Phi) is 4.25. The van der Waals surface area contributed by atoms with E-state index in [2.05, 4.69) is 25.9 Å². The number of aromatic nitrogens is 2. The van der Waals surface area contributed by atoms with Crippen LogP contribution in [0.4, 0.5) is 10.5 Å². The molecule has 34 heavy (non-hydrogen) atoms. The summed E-state index contributed by atoms with van der Waals surface area (Å²) in [6.45, 7) is 6.61. The molecule has 3 aliphatic rings. The molecule has 0 aliphatic carbocycles. The fourth-order valence-corrected chi connectivity index (χ4v) is 5.70. The Hall–Kier alpha value is -3.68. The SMILES string of the molecule is Cn1nc(C(C)(C)C)cc1C(=O)N1C[C@@H]2C[C@H]1[C@H]1C(=O)N(c3cccc4ccccc34)C(=O)N21. The van der Waals surface area contributed by atoms with Crippen molar-refractivity contribution in [1.82, 2.24) is 19.6 Å². The van der Waals surface area contributed by atoms with E-state index < -0.39 is 6.04 Å². The van der Waals surface area contributed by atoms with Crippen LogP contribution in [0.1, 0.15) is 43.4 Å². The van der Waals surface area contributed by atoms with Gasteiger partial charge in [0.05, 0.1) is 23.5 Å². The van der Waals surface area contributed by atoms with Crippen molar-refractivity contribution in [2.24, 2.45) is 7.05 Å². The molecular formula is C26H27N5O3. The number of piperazine rings is 1. The number of rotatable bonds is 2. The smallest absolute Gasteiger partial charge is 0.330 e. The number of nitrogens with zero attached hydrogens (tertiary/aromatic N) is 5. The molecule has 3 aromatic rings. The number of benzene rings is 2. The molecule has 0 spiro atoms. The number of urea groups is 1. The third-order valence-electron chi connectivity index (χ3n) is 7.40. The Bertz CT molecular complexity index is 1370. The molecule has 2 aromatic carbocycles. The van der Waals surface area contributed by atoms with Crippen molar-refractivity contribution in [3.05, 3.63) is 59.9 Å². The van der Waals surface area contributed by atoms with Crippen LogP contribution in [0.2, 0.25) is 0 Å². The van der Waals surface area contributed by atoms with Gasteiger partial charge in [-0.1, -0.05) is 57.2 Å². The van der Waals surface area contributed by atoms with Crippen LogP contribution in [-0.4, -0.2) is 62.1 Å². The Labute approximate surface area is 197 Å². The maximum atomic E-state index is 13.6. The molecule has 3 atom stereocenters. The maximum absolute atomic E-state index is 13.6. The van der Waals surface area contributed by atoms with E-state index in [1.54, 1.807) is 21.5 Å². The second-order valence-corrected chi connectivity index (χ2v) is 10.5. The van der Waals surface area contributed by atoms with Crippen molar-refractivity contribution in [3.8, 4) is 0 Å². The molecule has 0 saturated carbocycles. The number of anilines is 1. The summed E-state index contributed by atoms with van der Waals surface area (Å²) in [5.74, 6) is -0.395. The van der Waals surface area contributed by atoms with Crippen LogP contribution in [0.15, 0.2) is 48.5 Å². The monoisotopic (exact) mass is 457 g/mol. The number of hydrogen-bond donors (Lipinski definition) is 0. The van der Waals surface area contributed by atoms with Crippen molar-refractivity contribution in [1.29, 1.82) is 0 Å². The van der Waals surface area contributed by atoms with Gasteiger partial charge < -0.3 is 9.80 Å². The zero-order chi connectivity index (χ0) is 23.9. The van der Waals surface area contributed by atoms with Crippen LogP contribution in [-0.2, 0) is 17.3 Å². The molecule has 3 fully saturated rings. The minimum atomic E-state index is -0.649. The van der Waals surface area contributed by atoms with Crippen molar-refractivity contribution in [3.63, 3.8) is 0 Å². The van der Waals surface area contributed by atoms with E-state index in [1.807, 2.05) is 48.5 Å². The highest BCUT2D eigenvalue weighted by molar-refractivity contribution is 6.25. The molecule has 0 N–H and O–H groups in total. The van der Waals surface area contributed by atoms with Gasteiger partial charge in [0.2, 0.25) is 0 Å². The molecule has 3 aliphatic heterocycles. The van der Waals surface area contributed by atoms with Gasteiger partial charge in [-0.2, -0.15) is 5.10 Å². The summed E-state index contributed by atoms with van der Waals surface area (Å²) in [6.07, 6.45) is 0.626. The van der Waals surface area contributed by atoms with E-state index in [9.17, 15) is 14.4 Å². The van der Waals surface area contributed by atoms with Gasteiger partial charge in [0.15, 0.2) is 0 Å². The first-order valence-corrected chi connectivity index (χ1v) is 11.7. The van der Waals surface area contributed by atoms with Crippen molar-refractivity contribution in [2.75, 3.05) is 11.4 Å². The Morgan fingerprint density at radius 3 is 2.53 bits per heavy atom. The molecule has 4 heterocycles. The van der Waals surface area contributed by atoms with Gasteiger partial charge in [-0.15, -0.1) is 0 Å². The molecule has 2 bridgehead atoms. The predicted octanol–water partition coefficient (Wildman–Crippen LogP) is 3.30. The quantitative estimate of drug-likeness (QED) is 0.553. The normalized spacial score (nSPS) is 24.0. The first kappa shape index (κ1) is 20.9. The molecule has 174 valence electrons. The highest BCUT2D eigenvalue weighted by Gasteiger charge is 2.63. The second-order valence-electron chi connectivity index (χ2n) is 10.5. The van der Waals surface area contributed by atoms with Crippen LogP contribution in [0.5, 0.6) is 0 Å². The molecule has 1 aromatic heterocycles. The van der Waals surface area contributed by atoms with Crippen molar-refractivity contribution >= 4 is 34.3 Å². The van der Waals surface area contributed by atoms with E-state index in [1.165, 1.54) is 4.90 Å². The zero-order valence-electron chi connectivity index (χ0n) is 19.7. The summed E-state index contributed by atoms with van der Waals surface area (Å²) in [5, 5.41) is 6.37. The number of carbonyl (C=O) groups excluding carboxylic acids is 3. The maximum Gasteiger partial charge on any atom is 0.332 e. The topological polar surface area (TPSA) is 78.8 Å². The average Bonchev–Trinajstić information content (AvgIpc) is 3.55. The molecule has 4 amide bonds. The molecule has 3 saturated heterocycles. The summed E-state index contributed by atoms with van der Waals surface area (Å²) in [7, 11) is 1.77. The molecular weight excluding hydrogens is 430 g/mol. The van der Waals surface area contributed by atoms with E-state index in [0.717, 1.165) is 16.5 Å². The first-order valence-electron chi connectivity index (χ1n) is 11.7. The minimum absolute atomic E-state index is 0.137. The van der Waals surface area contributed by atoms with Crippen molar-refractivity contribution < 1.29 is 14.4 Å². The van der Waals surface area contributed by atoms with Crippen LogP contribution >= 0.6 is 0 Å². The number of likely N-dealkylation sites (tertiary alicyclic amines) is 1. The van der Waals surface area contributed by atoms with Crippen LogP contribution in [0.25, 0.3) is 10.8 Å². The summed E-state index contributed by atoms with van der Waals surface area (Å²) in [4.78, 5) is 45.4. The number of carbonyl (C=O) groups is 3. The lowest BCUT2D eigenvalue weighted by Crippen LogP contribution is -2.55. The lowest BCUT2D eigenvalue weighted by molar-refractivity contribution is -0.121. The van der Waals surface area contributed by atoms with E-state index in [0.29, 0.717) is 24.3 Å². The predicted molar refractivity (Wildman–Crippen MR) is 128 cm³/mol. The lowest BCUT2D eigenvalue weighted by Gasteiger charge is -2.34. The fraction of sp³-hybridized carbons (Fsp3) is 0.385. The first-order chi connectivity index (χ1) is 16.2. The highest BCUT2D eigenvalue weighted by atomic mass is 16.2. The van der Waals surface area contributed by atoms with Crippen LogP contribution in [0, 0.1) is 0 Å². The third kappa shape index (κ3) is 2.77. The molecule has 8 nitrogen and oxygen atoms in total. The van der Waals surface area contributed by atoms with Gasteiger partial charge in [-0.25, -0.2) is 9.69 Å². The van der Waals surface area contributed by atoms with E-state index in [-0.39, 0.29) is 35.3 Å². The summed E-state index contributed by atoms with van der Waals surface area (Å²) >= 11 is 0. The standard InChI is InChI=1S/C26H27N5O3/c1-26(2,3)21-13-20(28(4)27-21)23(32)29-14-16-12-19(29)22-24(33)31(25(34)30(16)22)18-11-7-9-15-8-5-6-10-17(15)18/h5-11,13,16,19,22H,12,14H2,1-4H3/t16-,19-,22-/m0/s1. The fourth-order valence-electron chi connectivity index (χ4n) is 5.70. The average molecular weight is 458 g/mol. The Morgan fingerprint density at radius 2 is 1.79 bits per heavy atom. The van der Waals surface area contributed by atoms with Gasteiger partial charge in [0.25, 0.3) is 11.8 Å². The number of aryl methyl sites for hydroxylation is 1. The lowest BCUT2D eigenvalue weighted by atomic mass is 9.92. The van der Waals surface area contributed by atoms with Crippen LogP contribution < -0.4 is 4.90 Å². The van der Waals surface area contributed by atoms with Gasteiger partial charge in [-0.3, -0.25) is 14.3 Å². The molecule has 0 radical (unpaired) electrons. The second kappa shape index (κ2) is 6.91. The number of fused-ring (bicyclic) bond motifs is 6. The summed E-state index contributed by atoms with van der Waals surface area (Å²) in [6, 6.07) is 13.8.